The normalized spacial score (nSPS) is 12.2. The number of carbonyl (C=O) groups is 2. The summed E-state index contributed by atoms with van der Waals surface area (Å²) < 4.78 is 39.6. The zero-order valence-corrected chi connectivity index (χ0v) is 12.1. The van der Waals surface area contributed by atoms with Crippen LogP contribution < -0.4 is 11.5 Å². The zero-order chi connectivity index (χ0) is 16.7. The maximum Gasteiger partial charge on any atom is 0.417 e. The van der Waals surface area contributed by atoms with E-state index >= 15 is 0 Å². The van der Waals surface area contributed by atoms with Crippen molar-refractivity contribution in [1.29, 1.82) is 0 Å². The minimum Gasteiger partial charge on any atom is -0.397 e. The lowest BCUT2D eigenvalue weighted by Crippen LogP contribution is -2.07. The Bertz CT molecular complexity index is 807. The Kier molecular flexibility index (Phi) is 3.97. The molecule has 1 aromatic carbocycles. The molecule has 8 heteroatoms. The van der Waals surface area contributed by atoms with E-state index in [4.69, 9.17) is 11.5 Å². The summed E-state index contributed by atoms with van der Waals surface area (Å²) in [6.45, 7) is 1.23. The molecule has 4 nitrogen and oxygen atoms in total. The van der Waals surface area contributed by atoms with Crippen LogP contribution in [0.3, 0.4) is 0 Å². The summed E-state index contributed by atoms with van der Waals surface area (Å²) in [5.41, 5.74) is 9.94. The van der Waals surface area contributed by atoms with Gasteiger partial charge in [0.1, 0.15) is 0 Å². The average Bonchev–Trinajstić information content (AvgIpc) is 2.73. The van der Waals surface area contributed by atoms with Gasteiger partial charge in [-0.1, -0.05) is 6.07 Å². The Morgan fingerprint density at radius 2 is 1.91 bits per heavy atom. The van der Waals surface area contributed by atoms with Crippen molar-refractivity contribution < 1.29 is 22.8 Å². The maximum absolute atomic E-state index is 13.1. The average molecular weight is 328 g/mol. The molecule has 0 unspecified atom stereocenters. The number of benzene rings is 1. The van der Waals surface area contributed by atoms with E-state index in [1.165, 1.54) is 19.1 Å². The minimum atomic E-state index is -4.60. The van der Waals surface area contributed by atoms with Crippen molar-refractivity contribution in [2.75, 3.05) is 5.73 Å². The van der Waals surface area contributed by atoms with Crippen molar-refractivity contribution >= 4 is 44.9 Å². The van der Waals surface area contributed by atoms with Crippen molar-refractivity contribution in [2.24, 2.45) is 5.73 Å². The molecule has 4 N–H and O–H groups in total. The molecule has 1 heterocycles. The molecule has 116 valence electrons. The topological polar surface area (TPSA) is 86.2 Å². The van der Waals surface area contributed by atoms with Crippen molar-refractivity contribution in [3.8, 4) is 0 Å². The quantitative estimate of drug-likeness (QED) is 0.670. The third-order valence-electron chi connectivity index (χ3n) is 2.96. The molecule has 0 aliphatic rings. The first-order valence-electron chi connectivity index (χ1n) is 6.03. The van der Waals surface area contributed by atoms with E-state index in [1.54, 1.807) is 0 Å². The van der Waals surface area contributed by atoms with Crippen LogP contribution in [-0.4, -0.2) is 11.7 Å². The predicted octanol–water partition coefficient (Wildman–Crippen LogP) is 3.20. The van der Waals surface area contributed by atoms with Gasteiger partial charge in [-0.15, -0.1) is 11.3 Å². The number of Topliss-reactive ketones (excluding diaryl/α,β-unsaturated/α-hetero) is 1. The molecule has 1 aromatic heterocycles. The summed E-state index contributed by atoms with van der Waals surface area (Å²) in [6, 6.07) is 2.08. The maximum atomic E-state index is 13.1. The van der Waals surface area contributed by atoms with Gasteiger partial charge in [-0.05, 0) is 17.7 Å². The van der Waals surface area contributed by atoms with Gasteiger partial charge in [0.25, 0.3) is 0 Å². The second-order valence-corrected chi connectivity index (χ2v) is 5.56. The Labute approximate surface area is 127 Å². The number of hydrogen-bond donors (Lipinski definition) is 2. The Balaban J connectivity index is 2.85. The molecular weight excluding hydrogens is 317 g/mol. The van der Waals surface area contributed by atoms with Gasteiger partial charge >= 0.3 is 6.18 Å². The van der Waals surface area contributed by atoms with E-state index in [0.29, 0.717) is 5.56 Å². The summed E-state index contributed by atoms with van der Waals surface area (Å²) in [5, 5.41) is -0.227. The fourth-order valence-electron chi connectivity index (χ4n) is 2.05. The smallest absolute Gasteiger partial charge is 0.397 e. The number of primary amides is 1. The van der Waals surface area contributed by atoms with Gasteiger partial charge in [-0.3, -0.25) is 9.59 Å². The molecule has 0 bridgehead atoms. The first-order valence-corrected chi connectivity index (χ1v) is 6.85. The van der Waals surface area contributed by atoms with Crippen LogP contribution in [0, 0.1) is 0 Å². The highest BCUT2D eigenvalue weighted by atomic mass is 32.1. The number of thiophene rings is 1. The summed E-state index contributed by atoms with van der Waals surface area (Å²) in [6.07, 6.45) is -2.27. The zero-order valence-electron chi connectivity index (χ0n) is 11.3. The van der Waals surface area contributed by atoms with Crippen LogP contribution >= 0.6 is 11.3 Å². The lowest BCUT2D eigenvalue weighted by Gasteiger charge is -2.10. The van der Waals surface area contributed by atoms with Gasteiger partial charge in [0.05, 0.1) is 16.1 Å². The number of halogens is 3. The molecule has 0 saturated heterocycles. The van der Waals surface area contributed by atoms with Crippen LogP contribution in [-0.2, 0) is 11.0 Å². The lowest BCUT2D eigenvalue weighted by molar-refractivity contribution is -0.136. The molecule has 0 saturated carbocycles. The van der Waals surface area contributed by atoms with E-state index in [0.717, 1.165) is 23.5 Å². The Morgan fingerprint density at radius 3 is 2.41 bits per heavy atom. The molecule has 0 radical (unpaired) electrons. The van der Waals surface area contributed by atoms with Crippen molar-refractivity contribution in [1.82, 2.24) is 0 Å². The number of rotatable bonds is 3. The number of hydrogen-bond acceptors (Lipinski definition) is 4. The third-order valence-corrected chi connectivity index (χ3v) is 4.31. The van der Waals surface area contributed by atoms with Gasteiger partial charge in [0.15, 0.2) is 5.78 Å². The number of nitrogens with two attached hydrogens (primary N) is 2. The Morgan fingerprint density at radius 1 is 1.27 bits per heavy atom. The van der Waals surface area contributed by atoms with Crippen molar-refractivity contribution in [2.45, 2.75) is 13.1 Å². The number of carbonyl (C=O) groups excluding carboxylic acids is 2. The molecule has 2 aromatic rings. The first kappa shape index (κ1) is 16.0. The number of fused-ring (bicyclic) bond motifs is 1. The van der Waals surface area contributed by atoms with Crippen LogP contribution in [0.1, 0.15) is 27.7 Å². The third kappa shape index (κ3) is 2.82. The van der Waals surface area contributed by atoms with Gasteiger partial charge < -0.3 is 11.5 Å². The van der Waals surface area contributed by atoms with Gasteiger partial charge in [-0.25, -0.2) is 0 Å². The highest BCUT2D eigenvalue weighted by Crippen LogP contribution is 2.44. The SMILES string of the molecule is CC(=O)c1sc2c(/C=C/C(N)=O)ccc(C(F)(F)F)c2c1N. The van der Waals surface area contributed by atoms with Crippen molar-refractivity contribution in [3.05, 3.63) is 34.2 Å². The van der Waals surface area contributed by atoms with Gasteiger partial charge in [0.2, 0.25) is 5.91 Å². The fourth-order valence-corrected chi connectivity index (χ4v) is 3.18. The molecule has 0 spiro atoms. The molecule has 22 heavy (non-hydrogen) atoms. The summed E-state index contributed by atoms with van der Waals surface area (Å²) >= 11 is 0.863. The number of amides is 1. The fraction of sp³-hybridized carbons (Fsp3) is 0.143. The minimum absolute atomic E-state index is 0.0559. The van der Waals surface area contributed by atoms with E-state index in [2.05, 4.69) is 0 Å². The molecule has 0 fully saturated rings. The number of anilines is 1. The summed E-state index contributed by atoms with van der Waals surface area (Å²) in [4.78, 5) is 22.4. The molecule has 0 atom stereocenters. The number of alkyl halides is 3. The lowest BCUT2D eigenvalue weighted by atomic mass is 10.0. The predicted molar refractivity (Wildman–Crippen MR) is 79.5 cm³/mol. The van der Waals surface area contributed by atoms with Crippen LogP contribution in [0.2, 0.25) is 0 Å². The molecule has 0 aliphatic heterocycles. The van der Waals surface area contributed by atoms with E-state index in [-0.39, 0.29) is 20.7 Å². The highest BCUT2D eigenvalue weighted by molar-refractivity contribution is 7.22. The first-order chi connectivity index (χ1) is 10.1. The van der Waals surface area contributed by atoms with Crippen LogP contribution in [0.4, 0.5) is 18.9 Å². The van der Waals surface area contributed by atoms with E-state index in [1.807, 2.05) is 0 Å². The van der Waals surface area contributed by atoms with Crippen LogP contribution in [0.15, 0.2) is 18.2 Å². The molecule has 1 amide bonds. The van der Waals surface area contributed by atoms with E-state index < -0.39 is 23.4 Å². The molecule has 2 rings (SSSR count). The number of nitrogen functional groups attached to an aromatic ring is 1. The second-order valence-electron chi connectivity index (χ2n) is 4.54. The van der Waals surface area contributed by atoms with Crippen LogP contribution in [0.5, 0.6) is 0 Å². The van der Waals surface area contributed by atoms with Crippen molar-refractivity contribution in [3.63, 3.8) is 0 Å². The second kappa shape index (κ2) is 5.45. The molecular formula is C14H11F3N2O2S. The molecule has 0 aliphatic carbocycles. The van der Waals surface area contributed by atoms with Gasteiger partial charge in [-0.2, -0.15) is 13.2 Å². The van der Waals surface area contributed by atoms with E-state index in [9.17, 15) is 22.8 Å². The number of ketones is 1. The largest absolute Gasteiger partial charge is 0.417 e. The van der Waals surface area contributed by atoms with Gasteiger partial charge in [0, 0.05) is 23.1 Å². The summed E-state index contributed by atoms with van der Waals surface area (Å²) in [7, 11) is 0. The van der Waals surface area contributed by atoms with Crippen LogP contribution in [0.25, 0.3) is 16.2 Å². The summed E-state index contributed by atoms with van der Waals surface area (Å²) in [5.74, 6) is -1.15. The highest BCUT2D eigenvalue weighted by Gasteiger charge is 2.35. The standard InChI is InChI=1S/C14H11F3N2O2S/c1-6(20)12-11(19)10-8(14(15,16)17)4-2-7(13(10)22-12)3-5-9(18)21/h2-5H,19H2,1H3,(H2,18,21)/b5-3+. The Hall–Kier alpha value is -2.35. The monoisotopic (exact) mass is 328 g/mol.